The minimum atomic E-state index is -0.467. The molecule has 0 unspecified atom stereocenters. The Bertz CT molecular complexity index is 441. The van der Waals surface area contributed by atoms with Crippen LogP contribution >= 0.6 is 11.8 Å². The van der Waals surface area contributed by atoms with Crippen molar-refractivity contribution in [1.82, 2.24) is 0 Å². The fraction of sp³-hybridized carbons (Fsp3) is 0.500. The van der Waals surface area contributed by atoms with Crippen LogP contribution in [0.1, 0.15) is 13.8 Å². The van der Waals surface area contributed by atoms with Crippen molar-refractivity contribution in [3.63, 3.8) is 0 Å². The molecule has 1 aromatic rings. The highest BCUT2D eigenvalue weighted by Gasteiger charge is 2.13. The molecule has 6 nitrogen and oxygen atoms in total. The topological polar surface area (TPSA) is 87.6 Å². The summed E-state index contributed by atoms with van der Waals surface area (Å²) in [6, 6.07) is 4.85. The summed E-state index contributed by atoms with van der Waals surface area (Å²) in [6.45, 7) is 5.06. The summed E-state index contributed by atoms with van der Waals surface area (Å²) in [5, 5.41) is 11.6. The number of hydrogen-bond acceptors (Lipinski definition) is 6. The Hall–Kier alpha value is -1.09. The van der Waals surface area contributed by atoms with Crippen LogP contribution in [0.4, 0.5) is 11.4 Å². The van der Waals surface area contributed by atoms with Gasteiger partial charge in [0.15, 0.2) is 0 Å². The van der Waals surface area contributed by atoms with Gasteiger partial charge in [-0.15, -0.1) is 11.8 Å². The van der Waals surface area contributed by atoms with E-state index in [9.17, 15) is 10.1 Å². The zero-order valence-electron chi connectivity index (χ0n) is 11.5. The average molecular weight is 314 g/mol. The van der Waals surface area contributed by atoms with Crippen molar-refractivity contribution in [3.8, 4) is 0 Å². The highest BCUT2D eigenvalue weighted by molar-refractivity contribution is 8.00. The van der Waals surface area contributed by atoms with Gasteiger partial charge in [-0.05, 0) is 31.4 Å². The van der Waals surface area contributed by atoms with Crippen molar-refractivity contribution in [1.29, 1.82) is 0 Å². The predicted octanol–water partition coefficient (Wildman–Crippen LogP) is 2.29. The van der Waals surface area contributed by atoms with Crippen LogP contribution in [0.5, 0.6) is 0 Å². The second-order valence-electron chi connectivity index (χ2n) is 3.71. The summed E-state index contributed by atoms with van der Waals surface area (Å²) in [7, 11) is 0.468. The average Bonchev–Trinajstić information content (AvgIpc) is 2.41. The summed E-state index contributed by atoms with van der Waals surface area (Å²) in [5.74, 6) is -0.193. The van der Waals surface area contributed by atoms with Crippen LogP contribution in [0.25, 0.3) is 0 Å². The summed E-state index contributed by atoms with van der Waals surface area (Å²) in [6.07, 6.45) is 0. The zero-order valence-corrected chi connectivity index (χ0v) is 13.3. The first-order valence-electron chi connectivity index (χ1n) is 6.21. The van der Waals surface area contributed by atoms with E-state index in [0.29, 0.717) is 22.7 Å². The molecule has 2 N–H and O–H groups in total. The fourth-order valence-corrected chi connectivity index (χ4v) is 3.91. The maximum Gasteiger partial charge on any atom is 0.293 e. The number of anilines is 1. The number of nitrogens with two attached hydrogens (primary N) is 1. The number of benzene rings is 1. The Morgan fingerprint density at radius 1 is 1.40 bits per heavy atom. The molecule has 0 saturated carbocycles. The number of rotatable bonds is 9. The molecule has 0 atom stereocenters. The van der Waals surface area contributed by atoms with Crippen LogP contribution in [0.15, 0.2) is 23.1 Å². The maximum atomic E-state index is 10.8. The monoisotopic (exact) mass is 314 g/mol. The molecule has 1 rings (SSSR count). The van der Waals surface area contributed by atoms with Crippen molar-refractivity contribution in [2.24, 2.45) is 0 Å². The minimum Gasteiger partial charge on any atom is -0.393 e. The van der Waals surface area contributed by atoms with Crippen molar-refractivity contribution in [2.45, 2.75) is 24.7 Å². The molecule has 0 amide bonds. The molecule has 1 aromatic carbocycles. The Labute approximate surface area is 125 Å². The molecule has 0 aliphatic carbocycles. The molecule has 0 fully saturated rings. The third-order valence-electron chi connectivity index (χ3n) is 2.32. The van der Waals surface area contributed by atoms with E-state index in [0.717, 1.165) is 10.3 Å². The third kappa shape index (κ3) is 5.49. The molecular weight excluding hydrogens is 296 g/mol. The van der Waals surface area contributed by atoms with Crippen molar-refractivity contribution in [2.75, 3.05) is 24.3 Å². The first-order chi connectivity index (χ1) is 9.58. The van der Waals surface area contributed by atoms with E-state index in [1.54, 1.807) is 12.1 Å². The Morgan fingerprint density at radius 3 is 2.60 bits per heavy atom. The van der Waals surface area contributed by atoms with Crippen LogP contribution in [0.2, 0.25) is 0 Å². The van der Waals surface area contributed by atoms with Crippen molar-refractivity contribution >= 4 is 32.7 Å². The summed E-state index contributed by atoms with van der Waals surface area (Å²) >= 11 is 1.53. The number of hydrogen-bond donors (Lipinski definition) is 1. The van der Waals surface area contributed by atoms with Gasteiger partial charge in [0, 0.05) is 24.2 Å². The largest absolute Gasteiger partial charge is 0.393 e. The lowest BCUT2D eigenvalue weighted by atomic mass is 10.3. The van der Waals surface area contributed by atoms with Gasteiger partial charge in [-0.3, -0.25) is 10.1 Å². The summed E-state index contributed by atoms with van der Waals surface area (Å²) in [4.78, 5) is 11.2. The highest BCUT2D eigenvalue weighted by Crippen LogP contribution is 2.27. The lowest BCUT2D eigenvalue weighted by Gasteiger charge is -2.15. The van der Waals surface area contributed by atoms with E-state index in [-0.39, 0.29) is 17.3 Å². The lowest BCUT2D eigenvalue weighted by Crippen LogP contribution is -2.26. The van der Waals surface area contributed by atoms with Gasteiger partial charge in [0.1, 0.15) is 21.1 Å². The molecule has 8 heteroatoms. The van der Waals surface area contributed by atoms with Gasteiger partial charge in [0.25, 0.3) is 5.69 Å². The summed E-state index contributed by atoms with van der Waals surface area (Å²) in [5.41, 5.74) is 5.69. The van der Waals surface area contributed by atoms with E-state index in [1.807, 2.05) is 13.8 Å². The van der Waals surface area contributed by atoms with Crippen LogP contribution < -0.4 is 5.73 Å². The molecular formula is C12H18N2O4SSi. The van der Waals surface area contributed by atoms with E-state index in [4.69, 9.17) is 15.2 Å². The number of thioether (sulfide) groups is 1. The van der Waals surface area contributed by atoms with Gasteiger partial charge in [-0.1, -0.05) is 0 Å². The fourth-order valence-electron chi connectivity index (χ4n) is 1.43. The molecule has 0 aromatic heterocycles. The molecule has 0 aliphatic heterocycles. The number of nitro benzene ring substituents is 1. The first-order valence-corrected chi connectivity index (χ1v) is 8.48. The van der Waals surface area contributed by atoms with E-state index in [1.165, 1.54) is 17.8 Å². The molecule has 0 aliphatic rings. The molecule has 0 saturated heterocycles. The number of nitrogen functional groups attached to an aromatic ring is 1. The molecule has 110 valence electrons. The van der Waals surface area contributed by atoms with Gasteiger partial charge < -0.3 is 15.2 Å². The van der Waals surface area contributed by atoms with E-state index < -0.39 is 4.92 Å². The minimum absolute atomic E-state index is 0.0514. The molecule has 20 heavy (non-hydrogen) atoms. The number of nitrogens with zero attached hydrogens (tertiary/aromatic N) is 1. The van der Waals surface area contributed by atoms with Gasteiger partial charge >= 0.3 is 0 Å². The Balaban J connectivity index is 2.53. The molecule has 0 bridgehead atoms. The molecule has 0 heterocycles. The van der Waals surface area contributed by atoms with Crippen LogP contribution in [0.3, 0.4) is 0 Å². The van der Waals surface area contributed by atoms with Gasteiger partial charge in [-0.25, -0.2) is 0 Å². The second-order valence-corrected chi connectivity index (χ2v) is 6.51. The number of ether oxygens (including phenoxy) is 2. The van der Waals surface area contributed by atoms with Gasteiger partial charge in [0.2, 0.25) is 0 Å². The third-order valence-corrected chi connectivity index (χ3v) is 4.82. The molecule has 0 spiro atoms. The van der Waals surface area contributed by atoms with Gasteiger partial charge in [-0.2, -0.15) is 0 Å². The second kappa shape index (κ2) is 8.96. The normalized spacial score (nSPS) is 10.9. The van der Waals surface area contributed by atoms with Crippen molar-refractivity contribution < 1.29 is 14.4 Å². The molecule has 2 radical (unpaired) electrons. The Morgan fingerprint density at radius 2 is 2.05 bits per heavy atom. The maximum absolute atomic E-state index is 10.8. The van der Waals surface area contributed by atoms with Crippen LogP contribution in [-0.2, 0) is 9.47 Å². The van der Waals surface area contributed by atoms with Crippen LogP contribution in [0, 0.1) is 10.1 Å². The van der Waals surface area contributed by atoms with Crippen molar-refractivity contribution in [3.05, 3.63) is 28.3 Å². The first kappa shape index (κ1) is 17.0. The standard InChI is InChI=1S/C12H18N2O4SSi/c1-3-17-12(18-4-2)20-8-19-9-5-6-10(13)11(7-9)14(15)16/h5-7,12H,3-4,8,13H2,1-2H3. The van der Waals surface area contributed by atoms with Crippen LogP contribution in [-0.4, -0.2) is 38.9 Å². The SMILES string of the molecule is CCOC(OCC)[Si]CSc1ccc(N)c([N+](=O)[O-])c1. The predicted molar refractivity (Wildman–Crippen MR) is 81.0 cm³/mol. The number of nitro groups is 1. The summed E-state index contributed by atoms with van der Waals surface area (Å²) < 4.78 is 10.9. The van der Waals surface area contributed by atoms with E-state index >= 15 is 0 Å². The smallest absolute Gasteiger partial charge is 0.293 e. The Kier molecular flexibility index (Phi) is 7.59. The lowest BCUT2D eigenvalue weighted by molar-refractivity contribution is -0.384. The van der Waals surface area contributed by atoms with E-state index in [2.05, 4.69) is 0 Å². The quantitative estimate of drug-likeness (QED) is 0.188. The van der Waals surface area contributed by atoms with Gasteiger partial charge in [0.05, 0.1) is 4.92 Å². The highest BCUT2D eigenvalue weighted by atomic mass is 32.2. The zero-order chi connectivity index (χ0) is 15.0.